The highest BCUT2D eigenvalue weighted by molar-refractivity contribution is 7.99. The first kappa shape index (κ1) is 12.9. The van der Waals surface area contributed by atoms with Crippen LogP contribution in [0.3, 0.4) is 0 Å². The van der Waals surface area contributed by atoms with Crippen LogP contribution in [0, 0.1) is 0 Å². The number of carbonyl (C=O) groups is 1. The third-order valence-electron chi connectivity index (χ3n) is 1.76. The Bertz CT molecular complexity index is 270. The molecule has 2 atom stereocenters. The molecule has 0 aliphatic heterocycles. The lowest BCUT2D eigenvalue weighted by atomic mass is 10.2. The van der Waals surface area contributed by atoms with Crippen LogP contribution in [0.1, 0.15) is 20.3 Å². The van der Waals surface area contributed by atoms with E-state index in [1.54, 1.807) is 0 Å². The van der Waals surface area contributed by atoms with E-state index in [4.69, 9.17) is 4.55 Å². The minimum Gasteiger partial charge on any atom is -0.298 e. The quantitative estimate of drug-likeness (QED) is 0.707. The van der Waals surface area contributed by atoms with Crippen molar-refractivity contribution in [3.8, 4) is 0 Å². The van der Waals surface area contributed by atoms with Crippen LogP contribution in [0.2, 0.25) is 0 Å². The zero-order valence-electron chi connectivity index (χ0n) is 7.85. The first-order chi connectivity index (χ1) is 5.79. The number of ketones is 1. The summed E-state index contributed by atoms with van der Waals surface area (Å²) in [4.78, 5) is 10.9. The highest BCUT2D eigenvalue weighted by Crippen LogP contribution is 2.17. The monoisotopic (exact) mass is 226 g/mol. The van der Waals surface area contributed by atoms with Gasteiger partial charge in [0.05, 0.1) is 0 Å². The first-order valence-corrected chi connectivity index (χ1v) is 6.57. The van der Waals surface area contributed by atoms with Gasteiger partial charge in [0.1, 0.15) is 11.0 Å². The molecule has 0 radical (unpaired) electrons. The van der Waals surface area contributed by atoms with Gasteiger partial charge in [-0.1, -0.05) is 6.92 Å². The lowest BCUT2D eigenvalue weighted by Crippen LogP contribution is -2.30. The van der Waals surface area contributed by atoms with E-state index in [-0.39, 0.29) is 11.7 Å². The Labute approximate surface area is 82.8 Å². The third kappa shape index (κ3) is 4.64. The second-order valence-corrected chi connectivity index (χ2v) is 5.77. The molecule has 0 spiro atoms. The Balaban J connectivity index is 4.56. The van der Waals surface area contributed by atoms with E-state index in [2.05, 4.69) is 0 Å². The fraction of sp³-hybridized carbons (Fsp3) is 0.857. The molecule has 0 rings (SSSR count). The van der Waals surface area contributed by atoms with E-state index in [0.717, 1.165) is 0 Å². The van der Waals surface area contributed by atoms with Gasteiger partial charge in [-0.05, 0) is 19.6 Å². The number of rotatable bonds is 5. The van der Waals surface area contributed by atoms with Gasteiger partial charge in [0.2, 0.25) is 0 Å². The summed E-state index contributed by atoms with van der Waals surface area (Å²) in [6.07, 6.45) is 1.99. The summed E-state index contributed by atoms with van der Waals surface area (Å²) in [5, 5.41) is -1.23. The van der Waals surface area contributed by atoms with E-state index in [1.165, 1.54) is 18.7 Å². The summed E-state index contributed by atoms with van der Waals surface area (Å²) in [5.74, 6) is -0.511. The molecule has 1 N–H and O–H groups in total. The van der Waals surface area contributed by atoms with Gasteiger partial charge in [-0.3, -0.25) is 9.35 Å². The normalized spacial score (nSPS) is 16.6. The van der Waals surface area contributed by atoms with Crippen LogP contribution in [0.25, 0.3) is 0 Å². The van der Waals surface area contributed by atoms with Gasteiger partial charge < -0.3 is 0 Å². The lowest BCUT2D eigenvalue weighted by Gasteiger charge is -2.14. The molecule has 0 aromatic rings. The number of Topliss-reactive ketones (excluding diaryl/α,β-unsaturated/α-hetero) is 1. The molecule has 0 aromatic carbocycles. The van der Waals surface area contributed by atoms with Crippen LogP contribution in [0.4, 0.5) is 0 Å². The number of thioether (sulfide) groups is 1. The Morgan fingerprint density at radius 1 is 1.54 bits per heavy atom. The molecule has 0 amide bonds. The van der Waals surface area contributed by atoms with Gasteiger partial charge in [0, 0.05) is 5.25 Å². The van der Waals surface area contributed by atoms with E-state index in [0.29, 0.717) is 0 Å². The van der Waals surface area contributed by atoms with Crippen LogP contribution in [0.5, 0.6) is 0 Å². The van der Waals surface area contributed by atoms with E-state index in [9.17, 15) is 13.2 Å². The minimum atomic E-state index is -4.23. The molecule has 4 nitrogen and oxygen atoms in total. The lowest BCUT2D eigenvalue weighted by molar-refractivity contribution is -0.116. The van der Waals surface area contributed by atoms with Crippen LogP contribution in [-0.4, -0.2) is 35.5 Å². The molecule has 2 unspecified atom stereocenters. The second-order valence-electron chi connectivity index (χ2n) is 2.90. The van der Waals surface area contributed by atoms with Crippen molar-refractivity contribution in [2.24, 2.45) is 0 Å². The Morgan fingerprint density at radius 2 is 2.00 bits per heavy atom. The predicted molar refractivity (Wildman–Crippen MR) is 53.6 cm³/mol. The average molecular weight is 226 g/mol. The van der Waals surface area contributed by atoms with Gasteiger partial charge in [0.25, 0.3) is 10.1 Å². The summed E-state index contributed by atoms with van der Waals surface area (Å²) in [7, 11) is -4.23. The minimum absolute atomic E-state index is 0.0378. The maximum atomic E-state index is 10.9. The van der Waals surface area contributed by atoms with Crippen molar-refractivity contribution in [2.75, 3.05) is 6.26 Å². The molecular weight excluding hydrogens is 212 g/mol. The SMILES string of the molecule is CSC(C)CC(C(C)=O)S(=O)(=O)O. The molecule has 0 heterocycles. The third-order valence-corrected chi connectivity index (χ3v) is 4.00. The first-order valence-electron chi connectivity index (χ1n) is 3.78. The van der Waals surface area contributed by atoms with Crippen LogP contribution < -0.4 is 0 Å². The van der Waals surface area contributed by atoms with Gasteiger partial charge in [-0.2, -0.15) is 20.2 Å². The Hall–Kier alpha value is -0.0700. The van der Waals surface area contributed by atoms with E-state index >= 15 is 0 Å². The van der Waals surface area contributed by atoms with Crippen molar-refractivity contribution < 1.29 is 17.8 Å². The summed E-state index contributed by atoms with van der Waals surface area (Å²) < 4.78 is 30.2. The number of hydrogen-bond acceptors (Lipinski definition) is 4. The van der Waals surface area contributed by atoms with E-state index < -0.39 is 21.2 Å². The molecule has 0 aromatic heterocycles. The molecule has 0 fully saturated rings. The van der Waals surface area contributed by atoms with Crippen molar-refractivity contribution >= 4 is 27.7 Å². The summed E-state index contributed by atoms with van der Waals surface area (Å²) in [5.41, 5.74) is 0. The number of carbonyl (C=O) groups excluding carboxylic acids is 1. The Kier molecular flexibility index (Phi) is 4.95. The molecule has 0 saturated heterocycles. The second kappa shape index (κ2) is 4.97. The van der Waals surface area contributed by atoms with Crippen molar-refractivity contribution in [2.45, 2.75) is 30.8 Å². The molecular formula is C7H14O4S2. The highest BCUT2D eigenvalue weighted by atomic mass is 32.2. The summed E-state index contributed by atoms with van der Waals surface area (Å²) in [6.45, 7) is 2.98. The average Bonchev–Trinajstić information content (AvgIpc) is 1.96. The van der Waals surface area contributed by atoms with Crippen molar-refractivity contribution in [3.63, 3.8) is 0 Å². The van der Waals surface area contributed by atoms with Crippen LogP contribution >= 0.6 is 11.8 Å². The zero-order chi connectivity index (χ0) is 10.6. The fourth-order valence-electron chi connectivity index (χ4n) is 0.895. The molecule has 78 valence electrons. The zero-order valence-corrected chi connectivity index (χ0v) is 9.48. The maximum absolute atomic E-state index is 10.9. The molecule has 0 bridgehead atoms. The van der Waals surface area contributed by atoms with Gasteiger partial charge in [-0.15, -0.1) is 0 Å². The van der Waals surface area contributed by atoms with Crippen molar-refractivity contribution in [3.05, 3.63) is 0 Å². The molecule has 0 aliphatic rings. The summed E-state index contributed by atoms with van der Waals surface area (Å²) in [6, 6.07) is 0. The summed E-state index contributed by atoms with van der Waals surface area (Å²) >= 11 is 1.46. The topological polar surface area (TPSA) is 71.4 Å². The molecule has 13 heavy (non-hydrogen) atoms. The smallest absolute Gasteiger partial charge is 0.275 e. The fourth-order valence-corrected chi connectivity index (χ4v) is 2.35. The standard InChI is InChI=1S/C7H14O4S2/c1-5(12-3)4-7(6(2)8)13(9,10)11/h5,7H,4H2,1-3H3,(H,9,10,11). The van der Waals surface area contributed by atoms with Gasteiger partial charge in [-0.25, -0.2) is 0 Å². The molecule has 6 heteroatoms. The van der Waals surface area contributed by atoms with Gasteiger partial charge >= 0.3 is 0 Å². The molecule has 0 aliphatic carbocycles. The van der Waals surface area contributed by atoms with Crippen molar-refractivity contribution in [1.82, 2.24) is 0 Å². The van der Waals surface area contributed by atoms with Crippen molar-refractivity contribution in [1.29, 1.82) is 0 Å². The number of hydrogen-bond donors (Lipinski definition) is 1. The Morgan fingerprint density at radius 3 is 2.23 bits per heavy atom. The molecule has 0 saturated carbocycles. The maximum Gasteiger partial charge on any atom is 0.275 e. The predicted octanol–water partition coefficient (Wildman–Crippen LogP) is 0.973. The van der Waals surface area contributed by atoms with Crippen LogP contribution in [0.15, 0.2) is 0 Å². The van der Waals surface area contributed by atoms with Gasteiger partial charge in [0.15, 0.2) is 0 Å². The largest absolute Gasteiger partial charge is 0.298 e. The van der Waals surface area contributed by atoms with Crippen LogP contribution in [-0.2, 0) is 14.9 Å². The highest BCUT2D eigenvalue weighted by Gasteiger charge is 2.29. The van der Waals surface area contributed by atoms with E-state index in [1.807, 2.05) is 13.2 Å².